The van der Waals surface area contributed by atoms with Crippen LogP contribution >= 0.6 is 11.6 Å². The van der Waals surface area contributed by atoms with Crippen LogP contribution in [0.25, 0.3) is 0 Å². The molecule has 0 aromatic rings. The average Bonchev–Trinajstić information content (AvgIpc) is 2.93. The molecule has 0 spiro atoms. The van der Waals surface area contributed by atoms with Gasteiger partial charge in [-0.2, -0.15) is 0 Å². The molecule has 0 amide bonds. The van der Waals surface area contributed by atoms with Crippen molar-refractivity contribution in [1.29, 1.82) is 0 Å². The number of ether oxygens (including phenoxy) is 3. The summed E-state index contributed by atoms with van der Waals surface area (Å²) in [5, 5.41) is 3.86. The smallest absolute Gasteiger partial charge is 0.320 e. The van der Waals surface area contributed by atoms with Gasteiger partial charge in [0.05, 0.1) is 25.9 Å². The van der Waals surface area contributed by atoms with Gasteiger partial charge >= 0.3 is 11.9 Å². The maximum atomic E-state index is 12.1. The number of alkyl halides is 1. The molecule has 1 fully saturated rings. The number of carbonyl (C=O) groups excluding carboxylic acids is 2. The second-order valence-electron chi connectivity index (χ2n) is 8.32. The Bertz CT molecular complexity index is 557. The maximum absolute atomic E-state index is 12.1. The minimum atomic E-state index is -2.03. The van der Waals surface area contributed by atoms with Crippen molar-refractivity contribution in [2.75, 3.05) is 19.8 Å². The normalized spacial score (nSPS) is 21.8. The van der Waals surface area contributed by atoms with Crippen LogP contribution in [0.3, 0.4) is 0 Å². The van der Waals surface area contributed by atoms with Gasteiger partial charge in [-0.15, -0.1) is 16.8 Å². The van der Waals surface area contributed by atoms with Gasteiger partial charge in [0.15, 0.2) is 5.92 Å². The molecule has 7 nitrogen and oxygen atoms in total. The van der Waals surface area contributed by atoms with E-state index < -0.39 is 31.6 Å². The fourth-order valence-corrected chi connectivity index (χ4v) is 3.26. The average molecular weight is 436 g/mol. The first-order valence-corrected chi connectivity index (χ1v) is 13.1. The first-order chi connectivity index (χ1) is 12.9. The first-order valence-electron chi connectivity index (χ1n) is 9.78. The number of carbonyl (C=O) groups is 2. The van der Waals surface area contributed by atoms with E-state index in [4.69, 9.17) is 30.3 Å². The molecule has 1 heterocycles. The van der Waals surface area contributed by atoms with Crippen molar-refractivity contribution >= 4 is 37.6 Å². The van der Waals surface area contributed by atoms with Crippen LogP contribution in [0.4, 0.5) is 0 Å². The number of hydrogen-bond donors (Lipinski definition) is 0. The lowest BCUT2D eigenvalue weighted by Crippen LogP contribution is -2.39. The van der Waals surface area contributed by atoms with Crippen LogP contribution in [0.15, 0.2) is 5.16 Å². The summed E-state index contributed by atoms with van der Waals surface area (Å²) >= 11 is 6.50. The second-order valence-corrected chi connectivity index (χ2v) is 13.5. The molecule has 1 aliphatic heterocycles. The molecule has 1 rings (SSSR count). The van der Waals surface area contributed by atoms with E-state index in [1.54, 1.807) is 13.8 Å². The lowest BCUT2D eigenvalue weighted by atomic mass is 9.99. The molecular weight excluding hydrogens is 402 g/mol. The Labute approximate surface area is 174 Å². The molecule has 0 bridgehead atoms. The van der Waals surface area contributed by atoms with Crippen molar-refractivity contribution in [3.8, 4) is 0 Å². The zero-order chi connectivity index (χ0) is 21.5. The lowest BCUT2D eigenvalue weighted by molar-refractivity contribution is -0.162. The van der Waals surface area contributed by atoms with Crippen molar-refractivity contribution < 1.29 is 28.3 Å². The molecule has 0 aromatic carbocycles. The van der Waals surface area contributed by atoms with Gasteiger partial charge in [-0.3, -0.25) is 9.59 Å². The monoisotopic (exact) mass is 435 g/mol. The summed E-state index contributed by atoms with van der Waals surface area (Å²) < 4.78 is 21.6. The van der Waals surface area contributed by atoms with Crippen molar-refractivity contribution in [2.45, 2.75) is 77.1 Å². The van der Waals surface area contributed by atoms with Gasteiger partial charge in [0.25, 0.3) is 8.32 Å². The van der Waals surface area contributed by atoms with Crippen molar-refractivity contribution in [3.05, 3.63) is 0 Å². The van der Waals surface area contributed by atoms with E-state index in [2.05, 4.69) is 39.0 Å². The predicted molar refractivity (Wildman–Crippen MR) is 111 cm³/mol. The van der Waals surface area contributed by atoms with Crippen LogP contribution in [0.2, 0.25) is 18.1 Å². The highest BCUT2D eigenvalue weighted by Gasteiger charge is 2.41. The van der Waals surface area contributed by atoms with Crippen LogP contribution in [0.5, 0.6) is 0 Å². The molecule has 0 aromatic heterocycles. The molecule has 0 saturated carbocycles. The molecule has 2 unspecified atom stereocenters. The van der Waals surface area contributed by atoms with Gasteiger partial charge in [0.1, 0.15) is 11.1 Å². The maximum Gasteiger partial charge on any atom is 0.320 e. The van der Waals surface area contributed by atoms with E-state index in [-0.39, 0.29) is 37.4 Å². The molecule has 2 atom stereocenters. The highest BCUT2D eigenvalue weighted by Crippen LogP contribution is 2.37. The summed E-state index contributed by atoms with van der Waals surface area (Å²) in [6.07, 6.45) is 0.298. The van der Waals surface area contributed by atoms with Crippen LogP contribution in [-0.2, 0) is 28.3 Å². The third-order valence-corrected chi connectivity index (χ3v) is 9.86. The quantitative estimate of drug-likeness (QED) is 0.179. The molecular formula is C19H34ClNO6Si. The van der Waals surface area contributed by atoms with E-state index >= 15 is 0 Å². The Kier molecular flexibility index (Phi) is 9.43. The Hall–Kier alpha value is -1.12. The van der Waals surface area contributed by atoms with Crippen molar-refractivity contribution in [1.82, 2.24) is 0 Å². The van der Waals surface area contributed by atoms with Crippen molar-refractivity contribution in [3.63, 3.8) is 0 Å². The molecule has 162 valence electrons. The predicted octanol–water partition coefficient (Wildman–Crippen LogP) is 3.89. The Balaban J connectivity index is 2.71. The number of hydrogen-bond acceptors (Lipinski definition) is 7. The van der Waals surface area contributed by atoms with E-state index in [0.29, 0.717) is 12.1 Å². The third kappa shape index (κ3) is 6.74. The number of nitrogens with zero attached hydrogens (tertiary/aromatic N) is 1. The van der Waals surface area contributed by atoms with Crippen LogP contribution in [-0.4, -0.2) is 57.3 Å². The summed E-state index contributed by atoms with van der Waals surface area (Å²) in [7, 11) is -2.03. The number of oxime groups is 1. The number of halogens is 1. The molecule has 28 heavy (non-hydrogen) atoms. The largest absolute Gasteiger partial charge is 0.465 e. The molecule has 1 saturated heterocycles. The fraction of sp³-hybridized carbons (Fsp3) is 0.842. The fourth-order valence-electron chi connectivity index (χ4n) is 2.34. The molecule has 0 radical (unpaired) electrons. The van der Waals surface area contributed by atoms with E-state index in [9.17, 15) is 9.59 Å². The van der Waals surface area contributed by atoms with E-state index in [1.165, 1.54) is 0 Å². The van der Waals surface area contributed by atoms with Gasteiger partial charge in [-0.25, -0.2) is 0 Å². The SMILES string of the molecule is CCOC(=O)C(CCC1OCC(=NO[Si](C)(C)C(C)(C)C)C1Cl)C(=O)OCC. The summed E-state index contributed by atoms with van der Waals surface area (Å²) in [6.45, 7) is 14.7. The lowest BCUT2D eigenvalue weighted by Gasteiger charge is -2.33. The van der Waals surface area contributed by atoms with E-state index in [0.717, 1.165) is 0 Å². The van der Waals surface area contributed by atoms with Crippen LogP contribution < -0.4 is 0 Å². The molecule has 0 N–H and O–H groups in total. The summed E-state index contributed by atoms with van der Waals surface area (Å²) in [4.78, 5) is 24.2. The molecule has 0 aliphatic carbocycles. The van der Waals surface area contributed by atoms with Crippen molar-refractivity contribution in [2.24, 2.45) is 11.1 Å². The van der Waals surface area contributed by atoms with Gasteiger partial charge in [-0.1, -0.05) is 20.8 Å². The van der Waals surface area contributed by atoms with Crippen LogP contribution in [0, 0.1) is 5.92 Å². The number of rotatable bonds is 9. The first kappa shape index (κ1) is 24.9. The summed E-state index contributed by atoms with van der Waals surface area (Å²) in [5.74, 6) is -2.14. The Morgan fingerprint density at radius 1 is 1.21 bits per heavy atom. The highest BCUT2D eigenvalue weighted by atomic mass is 35.5. The van der Waals surface area contributed by atoms with Gasteiger partial charge in [-0.05, 0) is 44.8 Å². The molecule has 1 aliphatic rings. The zero-order valence-corrected chi connectivity index (χ0v) is 19.8. The Morgan fingerprint density at radius 3 is 2.21 bits per heavy atom. The van der Waals surface area contributed by atoms with Crippen LogP contribution in [0.1, 0.15) is 47.5 Å². The molecule has 9 heteroatoms. The Morgan fingerprint density at radius 2 is 1.75 bits per heavy atom. The van der Waals surface area contributed by atoms with Gasteiger partial charge in [0.2, 0.25) is 0 Å². The third-order valence-electron chi connectivity index (χ3n) is 5.17. The number of esters is 2. The van der Waals surface area contributed by atoms with E-state index in [1.807, 2.05) is 0 Å². The second kappa shape index (κ2) is 10.6. The summed E-state index contributed by atoms with van der Waals surface area (Å²) in [6, 6.07) is 0. The summed E-state index contributed by atoms with van der Waals surface area (Å²) in [5.41, 5.74) is 0.639. The standard InChI is InChI=1S/C19H34ClNO6Si/c1-8-24-17(22)13(18(23)25-9-2)10-11-15-16(20)14(12-26-15)21-27-28(6,7)19(3,4)5/h13,15-16H,8-12H2,1-7H3. The minimum absolute atomic E-state index is 0.0320. The van der Waals surface area contributed by atoms with Gasteiger partial charge in [0, 0.05) is 0 Å². The van der Waals surface area contributed by atoms with Gasteiger partial charge < -0.3 is 18.7 Å². The topological polar surface area (TPSA) is 83.4 Å². The minimum Gasteiger partial charge on any atom is -0.465 e. The highest BCUT2D eigenvalue weighted by molar-refractivity contribution is 6.74. The zero-order valence-electron chi connectivity index (χ0n) is 18.0.